The molecule has 0 aromatic heterocycles. The number of phenolic OH excluding ortho intramolecular Hbond substituents is 1. The Morgan fingerprint density at radius 2 is 1.73 bits per heavy atom. The molecule has 1 N–H and O–H groups in total. The van der Waals surface area contributed by atoms with Gasteiger partial charge < -0.3 is 5.11 Å². The van der Waals surface area contributed by atoms with Gasteiger partial charge in [-0.1, -0.05) is 12.1 Å². The third kappa shape index (κ3) is 0.710. The molecule has 0 saturated heterocycles. The third-order valence-electron chi connectivity index (χ3n) is 2.95. The number of rotatable bonds is 1. The standard InChI is InChI=1S/C10H10O/c11-7-3-1-6(2-4-7)10-8-5-9(8)10/h1-4,8-11H,5H2. The molecule has 1 aromatic rings. The third-order valence-corrected chi connectivity index (χ3v) is 2.95. The molecule has 56 valence electrons. The Kier molecular flexibility index (Phi) is 0.823. The SMILES string of the molecule is Oc1ccc(C2C3CC32)cc1. The van der Waals surface area contributed by atoms with Gasteiger partial charge in [-0.25, -0.2) is 0 Å². The van der Waals surface area contributed by atoms with Crippen molar-refractivity contribution in [3.63, 3.8) is 0 Å². The van der Waals surface area contributed by atoms with Crippen LogP contribution in [0.3, 0.4) is 0 Å². The van der Waals surface area contributed by atoms with Crippen molar-refractivity contribution in [3.8, 4) is 5.75 Å². The smallest absolute Gasteiger partial charge is 0.115 e. The van der Waals surface area contributed by atoms with Crippen molar-refractivity contribution in [2.75, 3.05) is 0 Å². The molecule has 3 rings (SSSR count). The first-order valence-electron chi connectivity index (χ1n) is 4.15. The fourth-order valence-corrected chi connectivity index (χ4v) is 1.97. The summed E-state index contributed by atoms with van der Waals surface area (Å²) in [5.41, 5.74) is 1.42. The summed E-state index contributed by atoms with van der Waals surface area (Å²) < 4.78 is 0. The summed E-state index contributed by atoms with van der Waals surface area (Å²) in [6.45, 7) is 0. The highest BCUT2D eigenvalue weighted by molar-refractivity contribution is 5.37. The van der Waals surface area contributed by atoms with Crippen LogP contribution in [0.25, 0.3) is 0 Å². The van der Waals surface area contributed by atoms with Crippen LogP contribution in [-0.2, 0) is 0 Å². The fourth-order valence-electron chi connectivity index (χ4n) is 1.97. The van der Waals surface area contributed by atoms with E-state index in [4.69, 9.17) is 5.11 Å². The van der Waals surface area contributed by atoms with E-state index >= 15 is 0 Å². The quantitative estimate of drug-likeness (QED) is 0.643. The molecule has 0 heterocycles. The molecule has 2 fully saturated rings. The molecule has 0 amide bonds. The van der Waals surface area contributed by atoms with Gasteiger partial charge in [0.15, 0.2) is 0 Å². The Balaban J connectivity index is 1.91. The van der Waals surface area contributed by atoms with E-state index in [-0.39, 0.29) is 0 Å². The molecular weight excluding hydrogens is 136 g/mol. The molecule has 0 bridgehead atoms. The first kappa shape index (κ1) is 5.64. The van der Waals surface area contributed by atoms with E-state index in [9.17, 15) is 0 Å². The van der Waals surface area contributed by atoms with Gasteiger partial charge in [-0.2, -0.15) is 0 Å². The summed E-state index contributed by atoms with van der Waals surface area (Å²) in [6.07, 6.45) is 1.45. The molecule has 0 spiro atoms. The minimum absolute atomic E-state index is 0.378. The van der Waals surface area contributed by atoms with Crippen molar-refractivity contribution in [1.82, 2.24) is 0 Å². The number of fused-ring (bicyclic) bond motifs is 1. The van der Waals surface area contributed by atoms with Crippen molar-refractivity contribution in [2.24, 2.45) is 11.8 Å². The molecule has 2 atom stereocenters. The normalized spacial score (nSPS) is 38.0. The molecule has 2 aliphatic rings. The Hall–Kier alpha value is -0.980. The van der Waals surface area contributed by atoms with Gasteiger partial charge in [0.25, 0.3) is 0 Å². The Morgan fingerprint density at radius 1 is 1.09 bits per heavy atom. The minimum atomic E-state index is 0.378. The molecule has 11 heavy (non-hydrogen) atoms. The Morgan fingerprint density at radius 3 is 2.18 bits per heavy atom. The van der Waals surface area contributed by atoms with Gasteiger partial charge in [-0.05, 0) is 41.9 Å². The van der Waals surface area contributed by atoms with Gasteiger partial charge in [-0.3, -0.25) is 0 Å². The highest BCUT2D eigenvalue weighted by Gasteiger charge is 2.64. The molecule has 2 aliphatic carbocycles. The largest absolute Gasteiger partial charge is 0.508 e. The molecule has 0 radical (unpaired) electrons. The average Bonchev–Trinajstić information content (AvgIpc) is 2.80. The van der Waals surface area contributed by atoms with Crippen LogP contribution in [0.15, 0.2) is 24.3 Å². The number of hydrogen-bond acceptors (Lipinski definition) is 1. The lowest BCUT2D eigenvalue weighted by molar-refractivity contribution is 0.475. The lowest BCUT2D eigenvalue weighted by Gasteiger charge is -2.02. The summed E-state index contributed by atoms with van der Waals surface area (Å²) in [5, 5.41) is 9.04. The molecular formula is C10H10O. The van der Waals surface area contributed by atoms with Crippen molar-refractivity contribution in [3.05, 3.63) is 29.8 Å². The van der Waals surface area contributed by atoms with Crippen LogP contribution in [-0.4, -0.2) is 5.11 Å². The van der Waals surface area contributed by atoms with Gasteiger partial charge >= 0.3 is 0 Å². The van der Waals surface area contributed by atoms with Gasteiger partial charge in [0.2, 0.25) is 0 Å². The second kappa shape index (κ2) is 1.60. The monoisotopic (exact) mass is 146 g/mol. The van der Waals surface area contributed by atoms with Gasteiger partial charge in [0.1, 0.15) is 5.75 Å². The van der Waals surface area contributed by atoms with Gasteiger partial charge in [0.05, 0.1) is 0 Å². The average molecular weight is 146 g/mol. The van der Waals surface area contributed by atoms with Crippen LogP contribution in [0.2, 0.25) is 0 Å². The first-order chi connectivity index (χ1) is 5.36. The molecule has 2 unspecified atom stereocenters. The molecule has 2 saturated carbocycles. The predicted octanol–water partition coefficient (Wildman–Crippen LogP) is 2.13. The van der Waals surface area contributed by atoms with Crippen LogP contribution in [0.1, 0.15) is 17.9 Å². The topological polar surface area (TPSA) is 20.2 Å². The van der Waals surface area contributed by atoms with E-state index in [1.54, 1.807) is 12.1 Å². The number of phenols is 1. The number of benzene rings is 1. The second-order valence-corrected chi connectivity index (χ2v) is 3.68. The summed E-state index contributed by atoms with van der Waals surface area (Å²) in [6, 6.07) is 7.67. The van der Waals surface area contributed by atoms with Crippen LogP contribution in [0.5, 0.6) is 5.75 Å². The van der Waals surface area contributed by atoms with E-state index < -0.39 is 0 Å². The first-order valence-corrected chi connectivity index (χ1v) is 4.15. The zero-order valence-electron chi connectivity index (χ0n) is 6.20. The molecule has 1 nitrogen and oxygen atoms in total. The maximum Gasteiger partial charge on any atom is 0.115 e. The Bertz CT molecular complexity index is 280. The van der Waals surface area contributed by atoms with Crippen molar-refractivity contribution in [1.29, 1.82) is 0 Å². The summed E-state index contributed by atoms with van der Waals surface area (Å²) in [5.74, 6) is 3.26. The minimum Gasteiger partial charge on any atom is -0.508 e. The second-order valence-electron chi connectivity index (χ2n) is 3.68. The van der Waals surface area contributed by atoms with E-state index in [0.717, 1.165) is 17.8 Å². The van der Waals surface area contributed by atoms with Crippen molar-refractivity contribution >= 4 is 0 Å². The van der Waals surface area contributed by atoms with E-state index in [1.807, 2.05) is 12.1 Å². The summed E-state index contributed by atoms with van der Waals surface area (Å²) in [4.78, 5) is 0. The van der Waals surface area contributed by atoms with Crippen molar-refractivity contribution < 1.29 is 5.11 Å². The van der Waals surface area contributed by atoms with Crippen LogP contribution >= 0.6 is 0 Å². The van der Waals surface area contributed by atoms with E-state index in [0.29, 0.717) is 5.75 Å². The van der Waals surface area contributed by atoms with Crippen LogP contribution in [0, 0.1) is 11.8 Å². The highest BCUT2D eigenvalue weighted by atomic mass is 16.3. The maximum absolute atomic E-state index is 9.04. The summed E-state index contributed by atoms with van der Waals surface area (Å²) >= 11 is 0. The van der Waals surface area contributed by atoms with E-state index in [1.165, 1.54) is 12.0 Å². The fraction of sp³-hybridized carbons (Fsp3) is 0.400. The zero-order valence-corrected chi connectivity index (χ0v) is 6.20. The van der Waals surface area contributed by atoms with Gasteiger partial charge in [-0.15, -0.1) is 0 Å². The molecule has 1 aromatic carbocycles. The summed E-state index contributed by atoms with van der Waals surface area (Å²) in [7, 11) is 0. The lowest BCUT2D eigenvalue weighted by Crippen LogP contribution is -1.86. The van der Waals surface area contributed by atoms with E-state index in [2.05, 4.69) is 0 Å². The number of aromatic hydroxyl groups is 1. The molecule has 1 heteroatoms. The highest BCUT2D eigenvalue weighted by Crippen LogP contribution is 2.73. The van der Waals surface area contributed by atoms with Crippen LogP contribution in [0.4, 0.5) is 0 Å². The predicted molar refractivity (Wildman–Crippen MR) is 42.4 cm³/mol. The maximum atomic E-state index is 9.04. The van der Waals surface area contributed by atoms with Gasteiger partial charge in [0, 0.05) is 0 Å². The lowest BCUT2D eigenvalue weighted by atomic mass is 10.0. The number of hydrogen-bond donors (Lipinski definition) is 1. The molecule has 0 aliphatic heterocycles. The van der Waals surface area contributed by atoms with Crippen LogP contribution < -0.4 is 0 Å². The zero-order chi connectivity index (χ0) is 7.42. The van der Waals surface area contributed by atoms with Crippen molar-refractivity contribution in [2.45, 2.75) is 12.3 Å². The Labute approximate surface area is 65.7 Å².